The normalized spacial score (nSPS) is 35.0. The van der Waals surface area contributed by atoms with Gasteiger partial charge in [-0.25, -0.2) is 0 Å². The minimum absolute atomic E-state index is 0.0399. The molecule has 3 heteroatoms. The van der Waals surface area contributed by atoms with Gasteiger partial charge in [0.25, 0.3) is 0 Å². The molecule has 106 valence electrons. The molecule has 0 bridgehead atoms. The summed E-state index contributed by atoms with van der Waals surface area (Å²) in [6, 6.07) is 0.472. The van der Waals surface area contributed by atoms with Crippen molar-refractivity contribution in [3.8, 4) is 0 Å². The topological polar surface area (TPSA) is 30.5 Å². The standard InChI is InChI=1S/C15H29NO2/c1-12(2)9-13(3)10-14-15(18-8-6-16-14)5-4-7-17-11-15/h12-14,16H,4-11H2,1-3H3. The first kappa shape index (κ1) is 14.3. The fourth-order valence-electron chi connectivity index (χ4n) is 3.55. The van der Waals surface area contributed by atoms with Crippen molar-refractivity contribution >= 4 is 0 Å². The van der Waals surface area contributed by atoms with E-state index in [-0.39, 0.29) is 5.60 Å². The van der Waals surface area contributed by atoms with Gasteiger partial charge in [0.15, 0.2) is 0 Å². The number of nitrogens with one attached hydrogen (secondary N) is 1. The largest absolute Gasteiger partial charge is 0.378 e. The molecule has 0 radical (unpaired) electrons. The van der Waals surface area contributed by atoms with Crippen LogP contribution in [0.5, 0.6) is 0 Å². The molecule has 3 atom stereocenters. The molecule has 18 heavy (non-hydrogen) atoms. The molecule has 2 rings (SSSR count). The zero-order chi connectivity index (χ0) is 13.0. The van der Waals surface area contributed by atoms with Gasteiger partial charge in [0.1, 0.15) is 5.60 Å². The Morgan fingerprint density at radius 3 is 2.78 bits per heavy atom. The molecule has 2 fully saturated rings. The second kappa shape index (κ2) is 6.36. The molecule has 0 aliphatic carbocycles. The van der Waals surface area contributed by atoms with Crippen molar-refractivity contribution in [3.05, 3.63) is 0 Å². The van der Waals surface area contributed by atoms with Gasteiger partial charge in [-0.2, -0.15) is 0 Å². The van der Waals surface area contributed by atoms with Crippen molar-refractivity contribution < 1.29 is 9.47 Å². The predicted octanol–water partition coefficient (Wildman–Crippen LogP) is 2.60. The fourth-order valence-corrected chi connectivity index (χ4v) is 3.55. The van der Waals surface area contributed by atoms with Crippen LogP contribution in [-0.2, 0) is 9.47 Å². The van der Waals surface area contributed by atoms with E-state index in [1.807, 2.05) is 0 Å². The van der Waals surface area contributed by atoms with Crippen LogP contribution in [0.3, 0.4) is 0 Å². The van der Waals surface area contributed by atoms with E-state index >= 15 is 0 Å². The zero-order valence-corrected chi connectivity index (χ0v) is 12.2. The lowest BCUT2D eigenvalue weighted by Gasteiger charge is -2.47. The molecule has 0 aromatic heterocycles. The summed E-state index contributed by atoms with van der Waals surface area (Å²) >= 11 is 0. The fraction of sp³-hybridized carbons (Fsp3) is 1.00. The third-order valence-electron chi connectivity index (χ3n) is 4.26. The van der Waals surface area contributed by atoms with Crippen molar-refractivity contribution in [1.29, 1.82) is 0 Å². The Morgan fingerprint density at radius 2 is 2.11 bits per heavy atom. The van der Waals surface area contributed by atoms with Crippen molar-refractivity contribution in [2.75, 3.05) is 26.4 Å². The van der Waals surface area contributed by atoms with Crippen LogP contribution in [0.15, 0.2) is 0 Å². The average molecular weight is 255 g/mol. The van der Waals surface area contributed by atoms with Crippen molar-refractivity contribution in [3.63, 3.8) is 0 Å². The summed E-state index contributed by atoms with van der Waals surface area (Å²) in [5, 5.41) is 3.68. The SMILES string of the molecule is CC(C)CC(C)CC1NCCOC12CCCOC2. The van der Waals surface area contributed by atoms with E-state index in [1.54, 1.807) is 0 Å². The average Bonchev–Trinajstić information content (AvgIpc) is 2.32. The van der Waals surface area contributed by atoms with E-state index in [0.29, 0.717) is 6.04 Å². The van der Waals surface area contributed by atoms with Crippen molar-refractivity contribution in [1.82, 2.24) is 5.32 Å². The molecule has 0 amide bonds. The quantitative estimate of drug-likeness (QED) is 0.837. The number of rotatable bonds is 4. The van der Waals surface area contributed by atoms with Gasteiger partial charge < -0.3 is 14.8 Å². The van der Waals surface area contributed by atoms with Crippen LogP contribution in [0.2, 0.25) is 0 Å². The molecular weight excluding hydrogens is 226 g/mol. The van der Waals surface area contributed by atoms with Crippen LogP contribution in [-0.4, -0.2) is 38.0 Å². The smallest absolute Gasteiger partial charge is 0.107 e. The first-order valence-electron chi connectivity index (χ1n) is 7.57. The first-order valence-corrected chi connectivity index (χ1v) is 7.57. The molecule has 2 aliphatic heterocycles. The van der Waals surface area contributed by atoms with Gasteiger partial charge in [0, 0.05) is 19.2 Å². The highest BCUT2D eigenvalue weighted by molar-refractivity contribution is 4.98. The Labute approximate surface area is 112 Å². The summed E-state index contributed by atoms with van der Waals surface area (Å²) in [5.74, 6) is 1.53. The Hall–Kier alpha value is -0.120. The Balaban J connectivity index is 1.94. The monoisotopic (exact) mass is 255 g/mol. The van der Waals surface area contributed by atoms with Gasteiger partial charge in [0.2, 0.25) is 0 Å². The van der Waals surface area contributed by atoms with E-state index < -0.39 is 0 Å². The lowest BCUT2D eigenvalue weighted by molar-refractivity contribution is -0.166. The number of hydrogen-bond acceptors (Lipinski definition) is 3. The van der Waals surface area contributed by atoms with Gasteiger partial charge in [-0.05, 0) is 37.5 Å². The maximum atomic E-state index is 6.14. The molecular formula is C15H29NO2. The first-order chi connectivity index (χ1) is 8.62. The summed E-state index contributed by atoms with van der Waals surface area (Å²) in [6.07, 6.45) is 4.80. The molecule has 2 aliphatic rings. The molecule has 2 saturated heterocycles. The van der Waals surface area contributed by atoms with Gasteiger partial charge >= 0.3 is 0 Å². The highest BCUT2D eigenvalue weighted by Gasteiger charge is 2.43. The lowest BCUT2D eigenvalue weighted by atomic mass is 9.80. The van der Waals surface area contributed by atoms with Crippen molar-refractivity contribution in [2.24, 2.45) is 11.8 Å². The maximum Gasteiger partial charge on any atom is 0.107 e. The van der Waals surface area contributed by atoms with Crippen LogP contribution in [0.4, 0.5) is 0 Å². The van der Waals surface area contributed by atoms with Crippen LogP contribution in [0.1, 0.15) is 46.5 Å². The molecule has 1 spiro atoms. The van der Waals surface area contributed by atoms with Gasteiger partial charge in [-0.3, -0.25) is 0 Å². The van der Waals surface area contributed by atoms with Crippen LogP contribution < -0.4 is 5.32 Å². The lowest BCUT2D eigenvalue weighted by Crippen LogP contribution is -2.62. The highest BCUT2D eigenvalue weighted by Crippen LogP contribution is 2.33. The Bertz CT molecular complexity index is 241. The summed E-state index contributed by atoms with van der Waals surface area (Å²) in [7, 11) is 0. The second-order valence-electron chi connectivity index (χ2n) is 6.55. The molecule has 3 nitrogen and oxygen atoms in total. The number of ether oxygens (including phenoxy) is 2. The summed E-state index contributed by atoms with van der Waals surface area (Å²) in [4.78, 5) is 0. The summed E-state index contributed by atoms with van der Waals surface area (Å²) in [5.41, 5.74) is -0.0399. The number of morpholine rings is 1. The van der Waals surface area contributed by atoms with Crippen LogP contribution in [0.25, 0.3) is 0 Å². The maximum absolute atomic E-state index is 6.14. The van der Waals surface area contributed by atoms with E-state index in [2.05, 4.69) is 26.1 Å². The Morgan fingerprint density at radius 1 is 1.28 bits per heavy atom. The minimum atomic E-state index is -0.0399. The van der Waals surface area contributed by atoms with Crippen molar-refractivity contribution in [2.45, 2.75) is 58.1 Å². The van der Waals surface area contributed by atoms with Gasteiger partial charge in [0.05, 0.1) is 13.2 Å². The van der Waals surface area contributed by atoms with E-state index in [0.717, 1.165) is 51.0 Å². The molecule has 0 aromatic rings. The molecule has 0 saturated carbocycles. The summed E-state index contributed by atoms with van der Waals surface area (Å²) < 4.78 is 11.8. The zero-order valence-electron chi connectivity index (χ0n) is 12.2. The van der Waals surface area contributed by atoms with Gasteiger partial charge in [-0.15, -0.1) is 0 Å². The third-order valence-corrected chi connectivity index (χ3v) is 4.26. The van der Waals surface area contributed by atoms with Crippen LogP contribution >= 0.6 is 0 Å². The van der Waals surface area contributed by atoms with Crippen LogP contribution in [0, 0.1) is 11.8 Å². The van der Waals surface area contributed by atoms with Gasteiger partial charge in [-0.1, -0.05) is 20.8 Å². The highest BCUT2D eigenvalue weighted by atomic mass is 16.5. The second-order valence-corrected chi connectivity index (χ2v) is 6.55. The minimum Gasteiger partial charge on any atom is -0.378 e. The Kier molecular flexibility index (Phi) is 5.05. The molecule has 3 unspecified atom stereocenters. The molecule has 2 heterocycles. The molecule has 0 aromatic carbocycles. The van der Waals surface area contributed by atoms with E-state index in [4.69, 9.17) is 9.47 Å². The molecule has 1 N–H and O–H groups in total. The number of hydrogen-bond donors (Lipinski definition) is 1. The third kappa shape index (κ3) is 3.46. The predicted molar refractivity (Wildman–Crippen MR) is 73.8 cm³/mol. The van der Waals surface area contributed by atoms with E-state index in [9.17, 15) is 0 Å². The van der Waals surface area contributed by atoms with E-state index in [1.165, 1.54) is 12.8 Å². The summed E-state index contributed by atoms with van der Waals surface area (Å²) in [6.45, 7) is 10.5.